The minimum absolute atomic E-state index is 0.000396. The molecule has 1 heterocycles. The first-order valence-electron chi connectivity index (χ1n) is 17.2. The molecule has 5 rings (SSSR count). The molecular formula is C37H53O7S+. The third kappa shape index (κ3) is 7.89. The Morgan fingerprint density at radius 1 is 1.11 bits per heavy atom. The Hall–Kier alpha value is -2.13. The highest BCUT2D eigenvalue weighted by Gasteiger charge is 2.37. The summed E-state index contributed by atoms with van der Waals surface area (Å²) in [5.41, 5.74) is 4.97. The zero-order valence-electron chi connectivity index (χ0n) is 27.7. The summed E-state index contributed by atoms with van der Waals surface area (Å²) in [4.78, 5) is 24.1. The van der Waals surface area contributed by atoms with Crippen LogP contribution in [-0.2, 0) is 25.5 Å². The fraction of sp³-hybridized carbons (Fsp3) is 0.676. The second-order valence-electron chi connectivity index (χ2n) is 13.8. The average molecular weight is 642 g/mol. The van der Waals surface area contributed by atoms with Gasteiger partial charge >= 0.3 is 0 Å². The molecule has 0 aliphatic heterocycles. The molecule has 2 fully saturated rings. The molecule has 0 bridgehead atoms. The number of allylic oxidation sites excluding steroid dienone is 2. The van der Waals surface area contributed by atoms with Gasteiger partial charge in [0.2, 0.25) is 0 Å². The second kappa shape index (κ2) is 15.2. The number of aliphatic hydroxyl groups is 1. The van der Waals surface area contributed by atoms with E-state index in [2.05, 4.69) is 33.8 Å². The maximum absolute atomic E-state index is 11.9. The topological polar surface area (TPSA) is 109 Å². The van der Waals surface area contributed by atoms with Gasteiger partial charge in [-0.3, -0.25) is 4.79 Å². The van der Waals surface area contributed by atoms with Crippen LogP contribution in [0.3, 0.4) is 0 Å². The molecule has 4 aliphatic carbocycles. The maximum Gasteiger partial charge on any atom is 0.266 e. The molecule has 8 heteroatoms. The highest BCUT2D eigenvalue weighted by molar-refractivity contribution is 8.03. The lowest BCUT2D eigenvalue weighted by molar-refractivity contribution is -0.165. The highest BCUT2D eigenvalue weighted by atomic mass is 32.2. The van der Waals surface area contributed by atoms with Gasteiger partial charge in [-0.25, -0.2) is 0 Å². The number of aldehydes is 1. The Kier molecular flexibility index (Phi) is 11.5. The van der Waals surface area contributed by atoms with Gasteiger partial charge in [0, 0.05) is 17.8 Å². The monoisotopic (exact) mass is 641 g/mol. The molecular weight excluding hydrogens is 588 g/mol. The molecule has 0 spiro atoms. The van der Waals surface area contributed by atoms with Gasteiger partial charge in [-0.15, -0.1) is 11.8 Å². The molecule has 0 radical (unpaired) electrons. The molecule has 45 heavy (non-hydrogen) atoms. The van der Waals surface area contributed by atoms with Crippen molar-refractivity contribution in [3.05, 3.63) is 51.0 Å². The zero-order valence-corrected chi connectivity index (χ0v) is 28.5. The third-order valence-corrected chi connectivity index (χ3v) is 12.1. The molecule has 4 aliphatic rings. The quantitative estimate of drug-likeness (QED) is 0.140. The van der Waals surface area contributed by atoms with Crippen molar-refractivity contribution in [2.45, 2.75) is 136 Å². The Balaban J connectivity index is 1.36. The van der Waals surface area contributed by atoms with Gasteiger partial charge in [0.15, 0.2) is 6.29 Å². The van der Waals surface area contributed by atoms with Gasteiger partial charge in [-0.05, 0) is 134 Å². The molecule has 0 aromatic carbocycles. The van der Waals surface area contributed by atoms with Gasteiger partial charge in [0.05, 0.1) is 22.2 Å². The lowest BCUT2D eigenvalue weighted by atomic mass is 9.80. The van der Waals surface area contributed by atoms with Crippen LogP contribution >= 0.6 is 11.8 Å². The number of carbonyl (C=O) groups is 2. The summed E-state index contributed by atoms with van der Waals surface area (Å²) >= 11 is 1.68. The molecule has 2 saturated carbocycles. The Labute approximate surface area is 272 Å². The van der Waals surface area contributed by atoms with Crippen LogP contribution in [0.4, 0.5) is 0 Å². The van der Waals surface area contributed by atoms with Crippen molar-refractivity contribution in [3.8, 4) is 0 Å². The number of aliphatic hydroxyl groups excluding tert-OH is 1. The summed E-state index contributed by atoms with van der Waals surface area (Å²) in [7, 11) is 0. The van der Waals surface area contributed by atoms with Gasteiger partial charge in [-0.1, -0.05) is 12.5 Å². The van der Waals surface area contributed by atoms with Crippen LogP contribution in [-0.4, -0.2) is 41.0 Å². The summed E-state index contributed by atoms with van der Waals surface area (Å²) in [5.74, 6) is 3.15. The van der Waals surface area contributed by atoms with Gasteiger partial charge < -0.3 is 28.9 Å². The number of aryl methyl sites for hydroxylation is 1. The molecule has 0 amide bonds. The smallest absolute Gasteiger partial charge is 0.266 e. The van der Waals surface area contributed by atoms with Crippen molar-refractivity contribution >= 4 is 29.4 Å². The average Bonchev–Trinajstić information content (AvgIpc) is 3.49. The normalized spacial score (nSPS) is 29.5. The summed E-state index contributed by atoms with van der Waals surface area (Å²) in [5, 5.41) is 20.2. The fourth-order valence-electron chi connectivity index (χ4n) is 7.52. The standard InChI is InChI=1S/C37H52O7S/c1-6-30-31(43-36(40)27-11-8-25(20-38)9-12-27)17-18-32(44-37(41)28-15-13-26(14-16-28)23(4)39)35(30)45-24(5)33-19-29-10-7-21(2)22(3)34(29)42-33/h18-20,24-28,31,36-37,40-41H,6-17H2,1-5H3/p+1. The van der Waals surface area contributed by atoms with E-state index in [9.17, 15) is 14.7 Å². The number of ether oxygens (including phenoxy) is 2. The summed E-state index contributed by atoms with van der Waals surface area (Å²) in [6.07, 6.45) is 11.1. The first kappa shape index (κ1) is 34.2. The molecule has 4 unspecified atom stereocenters. The summed E-state index contributed by atoms with van der Waals surface area (Å²) in [6.45, 7) is 10.3. The maximum atomic E-state index is 11.9. The zero-order chi connectivity index (χ0) is 32.2. The van der Waals surface area contributed by atoms with E-state index in [1.807, 2.05) is 6.08 Å². The molecule has 1 aromatic rings. The highest BCUT2D eigenvalue weighted by Crippen LogP contribution is 2.47. The molecule has 248 valence electrons. The van der Waals surface area contributed by atoms with E-state index in [0.29, 0.717) is 12.2 Å². The number of hydrogen-bond acceptors (Lipinski definition) is 7. The van der Waals surface area contributed by atoms with Crippen LogP contribution < -0.4 is 0 Å². The van der Waals surface area contributed by atoms with Crippen molar-refractivity contribution in [2.24, 2.45) is 23.7 Å². The van der Waals surface area contributed by atoms with Crippen LogP contribution in [0, 0.1) is 23.7 Å². The Morgan fingerprint density at radius 3 is 2.44 bits per heavy atom. The number of carbonyl (C=O) groups excluding carboxylic acids is 2. The van der Waals surface area contributed by atoms with Crippen molar-refractivity contribution < 1.29 is 33.7 Å². The van der Waals surface area contributed by atoms with E-state index in [1.54, 1.807) is 18.7 Å². The second-order valence-corrected chi connectivity index (χ2v) is 15.1. The predicted molar refractivity (Wildman–Crippen MR) is 178 cm³/mol. The van der Waals surface area contributed by atoms with E-state index < -0.39 is 12.6 Å². The molecule has 4 atom stereocenters. The number of rotatable bonds is 12. The van der Waals surface area contributed by atoms with Gasteiger partial charge in [0.1, 0.15) is 29.3 Å². The van der Waals surface area contributed by atoms with Gasteiger partial charge in [-0.2, -0.15) is 0 Å². The number of fused-ring (bicyclic) bond motifs is 1. The first-order chi connectivity index (χ1) is 21.6. The van der Waals surface area contributed by atoms with Crippen molar-refractivity contribution in [1.29, 1.82) is 0 Å². The number of hydrogen-bond donors (Lipinski definition) is 1. The SMILES string of the molecule is CCC1=C(SC(C)c2cc3c(o2)C(C)=C(C)CC3)C(OC(O)C2CCC(C(C)=O)CC2)=CCC1OC([OH2+])C1CCC(C=O)CC1. The minimum atomic E-state index is -0.950. The van der Waals surface area contributed by atoms with E-state index >= 15 is 0 Å². The number of Topliss-reactive ketones (excluding diaryl/α,β-unsaturated/α-hetero) is 1. The molecule has 7 nitrogen and oxygen atoms in total. The number of ketones is 1. The van der Waals surface area contributed by atoms with E-state index in [0.717, 1.165) is 98.9 Å². The number of thioether (sulfide) groups is 1. The van der Waals surface area contributed by atoms with Crippen molar-refractivity contribution in [3.63, 3.8) is 0 Å². The lowest BCUT2D eigenvalue weighted by Gasteiger charge is -2.35. The number of furan rings is 1. The Morgan fingerprint density at radius 2 is 1.80 bits per heavy atom. The van der Waals surface area contributed by atoms with Crippen molar-refractivity contribution in [1.82, 2.24) is 0 Å². The minimum Gasteiger partial charge on any atom is -0.464 e. The molecule has 3 N–H and O–H groups in total. The summed E-state index contributed by atoms with van der Waals surface area (Å²) < 4.78 is 19.4. The van der Waals surface area contributed by atoms with Crippen LogP contribution in [0.2, 0.25) is 0 Å². The summed E-state index contributed by atoms with van der Waals surface area (Å²) in [6, 6.07) is 2.20. The van der Waals surface area contributed by atoms with Crippen LogP contribution in [0.25, 0.3) is 5.57 Å². The Bertz CT molecular complexity index is 1310. The van der Waals surface area contributed by atoms with Gasteiger partial charge in [0.25, 0.3) is 6.29 Å². The molecule has 0 saturated heterocycles. The predicted octanol–water partition coefficient (Wildman–Crippen LogP) is 7.94. The van der Waals surface area contributed by atoms with E-state index in [-0.39, 0.29) is 40.8 Å². The van der Waals surface area contributed by atoms with Crippen LogP contribution in [0.1, 0.15) is 128 Å². The van der Waals surface area contributed by atoms with Crippen LogP contribution in [0.5, 0.6) is 0 Å². The van der Waals surface area contributed by atoms with E-state index in [4.69, 9.17) is 19.0 Å². The lowest BCUT2D eigenvalue weighted by Crippen LogP contribution is -2.34. The first-order valence-corrected chi connectivity index (χ1v) is 18.0. The fourth-order valence-corrected chi connectivity index (χ4v) is 8.78. The largest absolute Gasteiger partial charge is 0.464 e. The van der Waals surface area contributed by atoms with E-state index in [1.165, 1.54) is 16.7 Å². The third-order valence-electron chi connectivity index (χ3n) is 10.8. The van der Waals surface area contributed by atoms with Crippen molar-refractivity contribution in [2.75, 3.05) is 0 Å². The van der Waals surface area contributed by atoms with Crippen LogP contribution in [0.15, 0.2) is 38.4 Å². The molecule has 1 aromatic heterocycles.